The van der Waals surface area contributed by atoms with Gasteiger partial charge in [-0.25, -0.2) is 9.97 Å². The Morgan fingerprint density at radius 2 is 2.00 bits per heavy atom. The van der Waals surface area contributed by atoms with Gasteiger partial charge in [0.15, 0.2) is 0 Å². The summed E-state index contributed by atoms with van der Waals surface area (Å²) in [6.45, 7) is 12.7. The van der Waals surface area contributed by atoms with Crippen LogP contribution < -0.4 is 5.32 Å². The van der Waals surface area contributed by atoms with Crippen molar-refractivity contribution >= 4 is 5.82 Å². The summed E-state index contributed by atoms with van der Waals surface area (Å²) in [5.74, 6) is 1.66. The van der Waals surface area contributed by atoms with Crippen LogP contribution in [0.4, 0.5) is 5.82 Å². The van der Waals surface area contributed by atoms with Gasteiger partial charge >= 0.3 is 0 Å². The third-order valence-corrected chi connectivity index (χ3v) is 2.68. The molecule has 1 rings (SSSR count). The molecule has 0 bridgehead atoms. The number of aryl methyl sites for hydroxylation is 1. The lowest BCUT2D eigenvalue weighted by atomic mass is 10.1. The first-order chi connectivity index (χ1) is 8.84. The molecule has 19 heavy (non-hydrogen) atoms. The molecule has 0 aliphatic carbocycles. The SMILES string of the molecule is CCNc1cc(C)nc(CN(CC)CC(C)(C)O)n1. The summed E-state index contributed by atoms with van der Waals surface area (Å²) in [5.41, 5.74) is 0.255. The molecule has 0 saturated heterocycles. The van der Waals surface area contributed by atoms with Crippen molar-refractivity contribution in [1.29, 1.82) is 0 Å². The van der Waals surface area contributed by atoms with E-state index in [-0.39, 0.29) is 0 Å². The van der Waals surface area contributed by atoms with Gasteiger partial charge in [-0.05, 0) is 34.2 Å². The van der Waals surface area contributed by atoms with Crippen LogP contribution in [-0.4, -0.2) is 45.2 Å². The molecule has 0 aromatic carbocycles. The van der Waals surface area contributed by atoms with Crippen molar-refractivity contribution < 1.29 is 5.11 Å². The summed E-state index contributed by atoms with van der Waals surface area (Å²) < 4.78 is 0. The minimum atomic E-state index is -0.704. The Kier molecular flexibility index (Phi) is 5.69. The van der Waals surface area contributed by atoms with Crippen LogP contribution in [0.15, 0.2) is 6.07 Å². The van der Waals surface area contributed by atoms with E-state index in [4.69, 9.17) is 0 Å². The normalized spacial score (nSPS) is 11.9. The van der Waals surface area contributed by atoms with E-state index in [0.717, 1.165) is 30.4 Å². The predicted octanol–water partition coefficient (Wildman–Crippen LogP) is 1.81. The number of likely N-dealkylation sites (N-methyl/N-ethyl adjacent to an activating group) is 1. The Hall–Kier alpha value is -1.20. The van der Waals surface area contributed by atoms with Gasteiger partial charge in [0.1, 0.15) is 11.6 Å². The van der Waals surface area contributed by atoms with Crippen LogP contribution in [0.1, 0.15) is 39.2 Å². The molecule has 1 heterocycles. The van der Waals surface area contributed by atoms with Gasteiger partial charge in [0.25, 0.3) is 0 Å². The predicted molar refractivity (Wildman–Crippen MR) is 78.2 cm³/mol. The molecule has 0 aliphatic heterocycles. The second kappa shape index (κ2) is 6.82. The van der Waals surface area contributed by atoms with Crippen LogP contribution in [0.2, 0.25) is 0 Å². The number of nitrogens with zero attached hydrogens (tertiary/aromatic N) is 3. The third-order valence-electron chi connectivity index (χ3n) is 2.68. The zero-order valence-electron chi connectivity index (χ0n) is 12.7. The van der Waals surface area contributed by atoms with Crippen LogP contribution >= 0.6 is 0 Å². The maximum Gasteiger partial charge on any atom is 0.144 e. The van der Waals surface area contributed by atoms with Crippen molar-refractivity contribution in [2.75, 3.05) is 25.0 Å². The van der Waals surface area contributed by atoms with Crippen molar-refractivity contribution in [2.24, 2.45) is 0 Å². The number of hydrogen-bond acceptors (Lipinski definition) is 5. The largest absolute Gasteiger partial charge is 0.389 e. The molecular formula is C14H26N4O. The molecule has 0 aliphatic rings. The molecule has 0 spiro atoms. The number of aromatic nitrogens is 2. The molecule has 0 radical (unpaired) electrons. The highest BCUT2D eigenvalue weighted by Gasteiger charge is 2.18. The standard InChI is InChI=1S/C14H26N4O/c1-6-15-12-8-11(3)16-13(17-12)9-18(7-2)10-14(4,5)19/h8,19H,6-7,9-10H2,1-5H3,(H,15,16,17). The molecule has 0 fully saturated rings. The second-order valence-electron chi connectivity index (χ2n) is 5.46. The van der Waals surface area contributed by atoms with Crippen LogP contribution in [0.5, 0.6) is 0 Å². The van der Waals surface area contributed by atoms with E-state index in [0.29, 0.717) is 13.1 Å². The number of nitrogens with one attached hydrogen (secondary N) is 1. The molecule has 0 unspecified atom stereocenters. The van der Waals surface area contributed by atoms with Crippen LogP contribution in [0, 0.1) is 6.92 Å². The molecule has 0 amide bonds. The zero-order chi connectivity index (χ0) is 14.5. The summed E-state index contributed by atoms with van der Waals surface area (Å²) >= 11 is 0. The van der Waals surface area contributed by atoms with Gasteiger partial charge in [0.05, 0.1) is 12.1 Å². The van der Waals surface area contributed by atoms with E-state index in [2.05, 4.69) is 27.1 Å². The van der Waals surface area contributed by atoms with Crippen molar-refractivity contribution in [3.63, 3.8) is 0 Å². The minimum Gasteiger partial charge on any atom is -0.389 e. The lowest BCUT2D eigenvalue weighted by Gasteiger charge is -2.27. The summed E-state index contributed by atoms with van der Waals surface area (Å²) in [5, 5.41) is 13.1. The summed E-state index contributed by atoms with van der Waals surface area (Å²) in [6, 6.07) is 1.94. The van der Waals surface area contributed by atoms with Crippen LogP contribution in [0.25, 0.3) is 0 Å². The number of hydrogen-bond donors (Lipinski definition) is 2. The van der Waals surface area contributed by atoms with Crippen molar-refractivity contribution in [1.82, 2.24) is 14.9 Å². The maximum atomic E-state index is 9.90. The fraction of sp³-hybridized carbons (Fsp3) is 0.714. The van der Waals surface area contributed by atoms with Gasteiger partial charge in [0.2, 0.25) is 0 Å². The van der Waals surface area contributed by atoms with Crippen LogP contribution in [-0.2, 0) is 6.54 Å². The highest BCUT2D eigenvalue weighted by atomic mass is 16.3. The monoisotopic (exact) mass is 266 g/mol. The molecule has 0 saturated carbocycles. The number of anilines is 1. The van der Waals surface area contributed by atoms with Gasteiger partial charge in [0, 0.05) is 24.8 Å². The average molecular weight is 266 g/mol. The molecule has 5 nitrogen and oxygen atoms in total. The summed E-state index contributed by atoms with van der Waals surface area (Å²) in [6.07, 6.45) is 0. The number of aliphatic hydroxyl groups is 1. The van der Waals surface area contributed by atoms with Crippen molar-refractivity contribution in [3.05, 3.63) is 17.6 Å². The Bertz CT molecular complexity index is 401. The van der Waals surface area contributed by atoms with Gasteiger partial charge in [-0.2, -0.15) is 0 Å². The fourth-order valence-electron chi connectivity index (χ4n) is 2.00. The summed E-state index contributed by atoms with van der Waals surface area (Å²) in [4.78, 5) is 11.1. The first kappa shape index (κ1) is 15.9. The Labute approximate surface area is 116 Å². The Morgan fingerprint density at radius 1 is 1.32 bits per heavy atom. The summed E-state index contributed by atoms with van der Waals surface area (Å²) in [7, 11) is 0. The quantitative estimate of drug-likeness (QED) is 0.788. The topological polar surface area (TPSA) is 61.3 Å². The molecule has 0 atom stereocenters. The molecule has 1 aromatic rings. The van der Waals surface area contributed by atoms with Crippen molar-refractivity contribution in [3.8, 4) is 0 Å². The molecule has 108 valence electrons. The zero-order valence-corrected chi connectivity index (χ0v) is 12.7. The lowest BCUT2D eigenvalue weighted by Crippen LogP contribution is -2.38. The number of rotatable bonds is 7. The van der Waals surface area contributed by atoms with Crippen molar-refractivity contribution in [2.45, 2.75) is 46.8 Å². The molecular weight excluding hydrogens is 240 g/mol. The Morgan fingerprint density at radius 3 is 2.53 bits per heavy atom. The van der Waals surface area contributed by atoms with E-state index in [9.17, 15) is 5.11 Å². The first-order valence-electron chi connectivity index (χ1n) is 6.87. The van der Waals surface area contributed by atoms with E-state index >= 15 is 0 Å². The van der Waals surface area contributed by atoms with E-state index < -0.39 is 5.60 Å². The molecule has 2 N–H and O–H groups in total. The highest BCUT2D eigenvalue weighted by Crippen LogP contribution is 2.10. The smallest absolute Gasteiger partial charge is 0.144 e. The lowest BCUT2D eigenvalue weighted by molar-refractivity contribution is 0.0346. The average Bonchev–Trinajstić information content (AvgIpc) is 2.25. The molecule has 1 aromatic heterocycles. The highest BCUT2D eigenvalue weighted by molar-refractivity contribution is 5.35. The third kappa shape index (κ3) is 5.98. The van der Waals surface area contributed by atoms with Gasteiger partial charge in [-0.15, -0.1) is 0 Å². The van der Waals surface area contributed by atoms with Gasteiger partial charge in [-0.1, -0.05) is 6.92 Å². The fourth-order valence-corrected chi connectivity index (χ4v) is 2.00. The Balaban J connectivity index is 2.79. The maximum absolute atomic E-state index is 9.90. The van der Waals surface area contributed by atoms with Crippen LogP contribution in [0.3, 0.4) is 0 Å². The minimum absolute atomic E-state index is 0.608. The van der Waals surface area contributed by atoms with E-state index in [1.54, 1.807) is 0 Å². The second-order valence-corrected chi connectivity index (χ2v) is 5.46. The first-order valence-corrected chi connectivity index (χ1v) is 6.87. The molecule has 5 heteroatoms. The van der Waals surface area contributed by atoms with Gasteiger partial charge < -0.3 is 10.4 Å². The van der Waals surface area contributed by atoms with Gasteiger partial charge in [-0.3, -0.25) is 4.90 Å². The van der Waals surface area contributed by atoms with E-state index in [1.807, 2.05) is 33.8 Å². The van der Waals surface area contributed by atoms with E-state index in [1.165, 1.54) is 0 Å².